The predicted molar refractivity (Wildman–Crippen MR) is 105 cm³/mol. The summed E-state index contributed by atoms with van der Waals surface area (Å²) in [6.45, 7) is 9.95. The Labute approximate surface area is 153 Å². The van der Waals surface area contributed by atoms with Crippen LogP contribution in [0.3, 0.4) is 0 Å². The van der Waals surface area contributed by atoms with Gasteiger partial charge in [0.1, 0.15) is 0 Å². The molecule has 1 atom stereocenters. The van der Waals surface area contributed by atoms with Gasteiger partial charge in [0, 0.05) is 45.1 Å². The lowest BCUT2D eigenvalue weighted by Gasteiger charge is -2.34. The zero-order valence-corrected chi connectivity index (χ0v) is 16.2. The standard InChI is InChI=1S/C19H36N6/c1-4-17(5-2)18(24-12-6-7-13-24)16-22-19(20-3)21-10-8-14-25-15-9-11-23-25/h9,11,15,17-18H,4-8,10,12-14,16H2,1-3H3,(H2,20,21,22). The zero-order chi connectivity index (χ0) is 17.9. The quantitative estimate of drug-likeness (QED) is 0.387. The number of nitrogens with zero attached hydrogens (tertiary/aromatic N) is 4. The summed E-state index contributed by atoms with van der Waals surface area (Å²) in [5.41, 5.74) is 0. The molecule has 1 aliphatic heterocycles. The highest BCUT2D eigenvalue weighted by Crippen LogP contribution is 2.22. The first-order chi connectivity index (χ1) is 12.3. The van der Waals surface area contributed by atoms with Crippen LogP contribution >= 0.6 is 0 Å². The molecule has 0 radical (unpaired) electrons. The number of aromatic nitrogens is 2. The Morgan fingerprint density at radius 2 is 1.96 bits per heavy atom. The fourth-order valence-electron chi connectivity index (χ4n) is 3.80. The number of hydrogen-bond acceptors (Lipinski definition) is 3. The van der Waals surface area contributed by atoms with Gasteiger partial charge in [0.2, 0.25) is 0 Å². The number of aliphatic imine (C=N–C) groups is 1. The lowest BCUT2D eigenvalue weighted by molar-refractivity contribution is 0.166. The van der Waals surface area contributed by atoms with E-state index in [1.807, 2.05) is 30.2 Å². The molecule has 0 aliphatic carbocycles. The number of aryl methyl sites for hydroxylation is 1. The van der Waals surface area contributed by atoms with Crippen LogP contribution in [-0.4, -0.2) is 59.9 Å². The Morgan fingerprint density at radius 1 is 1.20 bits per heavy atom. The second-order valence-corrected chi connectivity index (χ2v) is 6.89. The van der Waals surface area contributed by atoms with E-state index in [-0.39, 0.29) is 0 Å². The maximum Gasteiger partial charge on any atom is 0.191 e. The van der Waals surface area contributed by atoms with E-state index >= 15 is 0 Å². The van der Waals surface area contributed by atoms with E-state index in [9.17, 15) is 0 Å². The molecule has 2 heterocycles. The normalized spacial score (nSPS) is 17.2. The summed E-state index contributed by atoms with van der Waals surface area (Å²) in [4.78, 5) is 7.06. The minimum absolute atomic E-state index is 0.611. The van der Waals surface area contributed by atoms with Crippen LogP contribution in [0, 0.1) is 5.92 Å². The van der Waals surface area contributed by atoms with Crippen LogP contribution in [0.25, 0.3) is 0 Å². The lowest BCUT2D eigenvalue weighted by Crippen LogP contribution is -2.49. The molecule has 6 heteroatoms. The summed E-state index contributed by atoms with van der Waals surface area (Å²) in [6.07, 6.45) is 10.0. The van der Waals surface area contributed by atoms with Crippen LogP contribution in [0.1, 0.15) is 46.0 Å². The predicted octanol–water partition coefficient (Wildman–Crippen LogP) is 2.34. The molecule has 2 rings (SSSR count). The minimum Gasteiger partial charge on any atom is -0.356 e. The fraction of sp³-hybridized carbons (Fsp3) is 0.789. The van der Waals surface area contributed by atoms with Gasteiger partial charge in [0.05, 0.1) is 0 Å². The number of likely N-dealkylation sites (tertiary alicyclic amines) is 1. The Morgan fingerprint density at radius 3 is 2.56 bits per heavy atom. The van der Waals surface area contributed by atoms with Crippen LogP contribution in [0.4, 0.5) is 0 Å². The number of nitrogens with one attached hydrogen (secondary N) is 2. The highest BCUT2D eigenvalue weighted by Gasteiger charge is 2.27. The molecule has 0 aromatic carbocycles. The summed E-state index contributed by atoms with van der Waals surface area (Å²) in [6, 6.07) is 2.57. The van der Waals surface area contributed by atoms with Gasteiger partial charge in [-0.15, -0.1) is 0 Å². The second kappa shape index (κ2) is 11.1. The van der Waals surface area contributed by atoms with Crippen molar-refractivity contribution in [3.8, 4) is 0 Å². The first kappa shape index (κ1) is 19.8. The molecule has 0 spiro atoms. The maximum absolute atomic E-state index is 4.39. The Bertz CT molecular complexity index is 472. The van der Waals surface area contributed by atoms with Crippen molar-refractivity contribution in [1.82, 2.24) is 25.3 Å². The van der Waals surface area contributed by atoms with Crippen molar-refractivity contribution in [3.63, 3.8) is 0 Å². The molecular weight excluding hydrogens is 312 g/mol. The summed E-state index contributed by atoms with van der Waals surface area (Å²) < 4.78 is 1.97. The summed E-state index contributed by atoms with van der Waals surface area (Å²) in [5, 5.41) is 11.2. The van der Waals surface area contributed by atoms with Gasteiger partial charge in [0.15, 0.2) is 5.96 Å². The van der Waals surface area contributed by atoms with Crippen LogP contribution in [0.2, 0.25) is 0 Å². The molecule has 1 aromatic heterocycles. The highest BCUT2D eigenvalue weighted by atomic mass is 15.3. The van der Waals surface area contributed by atoms with Crippen molar-refractivity contribution in [2.75, 3.05) is 33.2 Å². The van der Waals surface area contributed by atoms with Crippen molar-refractivity contribution in [3.05, 3.63) is 18.5 Å². The summed E-state index contributed by atoms with van der Waals surface area (Å²) in [7, 11) is 1.85. The van der Waals surface area contributed by atoms with Gasteiger partial charge >= 0.3 is 0 Å². The molecule has 142 valence electrons. The molecule has 1 fully saturated rings. The SMILES string of the molecule is CCC(CC)C(CNC(=NC)NCCCn1cccn1)N1CCCC1. The fourth-order valence-corrected chi connectivity index (χ4v) is 3.80. The Kier molecular flexibility index (Phi) is 8.80. The molecule has 0 amide bonds. The van der Waals surface area contributed by atoms with Gasteiger partial charge in [0.25, 0.3) is 0 Å². The number of rotatable bonds is 10. The molecule has 0 bridgehead atoms. The Balaban J connectivity index is 1.75. The van der Waals surface area contributed by atoms with E-state index in [2.05, 4.69) is 39.5 Å². The topological polar surface area (TPSA) is 57.5 Å². The van der Waals surface area contributed by atoms with E-state index < -0.39 is 0 Å². The van der Waals surface area contributed by atoms with Gasteiger partial charge < -0.3 is 10.6 Å². The van der Waals surface area contributed by atoms with Crippen molar-refractivity contribution >= 4 is 5.96 Å². The number of hydrogen-bond donors (Lipinski definition) is 2. The first-order valence-corrected chi connectivity index (χ1v) is 9.94. The Hall–Kier alpha value is -1.56. The van der Waals surface area contributed by atoms with E-state index in [1.165, 1.54) is 38.8 Å². The summed E-state index contributed by atoms with van der Waals surface area (Å²) in [5.74, 6) is 1.67. The largest absolute Gasteiger partial charge is 0.356 e. The number of guanidine groups is 1. The van der Waals surface area contributed by atoms with Gasteiger partial charge in [-0.25, -0.2) is 0 Å². The van der Waals surface area contributed by atoms with Gasteiger partial charge in [-0.2, -0.15) is 5.10 Å². The monoisotopic (exact) mass is 348 g/mol. The molecule has 1 aromatic rings. The zero-order valence-electron chi connectivity index (χ0n) is 16.2. The van der Waals surface area contributed by atoms with Gasteiger partial charge in [-0.1, -0.05) is 26.7 Å². The molecule has 1 aliphatic rings. The molecule has 1 saturated heterocycles. The minimum atomic E-state index is 0.611. The average Bonchev–Trinajstić information content (AvgIpc) is 3.34. The van der Waals surface area contributed by atoms with Crippen LogP contribution < -0.4 is 10.6 Å². The summed E-state index contributed by atoms with van der Waals surface area (Å²) >= 11 is 0. The highest BCUT2D eigenvalue weighted by molar-refractivity contribution is 5.79. The van der Waals surface area contributed by atoms with Gasteiger partial charge in [-0.05, 0) is 44.3 Å². The van der Waals surface area contributed by atoms with Crippen molar-refractivity contribution in [2.45, 2.75) is 58.5 Å². The van der Waals surface area contributed by atoms with Gasteiger partial charge in [-0.3, -0.25) is 14.6 Å². The third kappa shape index (κ3) is 6.34. The third-order valence-corrected chi connectivity index (χ3v) is 5.32. The van der Waals surface area contributed by atoms with Crippen LogP contribution in [-0.2, 0) is 6.54 Å². The van der Waals surface area contributed by atoms with E-state index in [0.29, 0.717) is 6.04 Å². The van der Waals surface area contributed by atoms with E-state index in [4.69, 9.17) is 0 Å². The van der Waals surface area contributed by atoms with Crippen molar-refractivity contribution < 1.29 is 0 Å². The van der Waals surface area contributed by atoms with Crippen molar-refractivity contribution in [2.24, 2.45) is 10.9 Å². The maximum atomic E-state index is 4.39. The molecule has 25 heavy (non-hydrogen) atoms. The van der Waals surface area contributed by atoms with E-state index in [1.54, 1.807) is 0 Å². The molecule has 6 nitrogen and oxygen atoms in total. The average molecular weight is 349 g/mol. The van der Waals surface area contributed by atoms with E-state index in [0.717, 1.165) is 37.9 Å². The molecule has 0 saturated carbocycles. The first-order valence-electron chi connectivity index (χ1n) is 9.94. The second-order valence-electron chi connectivity index (χ2n) is 6.89. The lowest BCUT2D eigenvalue weighted by atomic mass is 9.93. The molecular formula is C19H36N6. The smallest absolute Gasteiger partial charge is 0.191 e. The molecule has 1 unspecified atom stereocenters. The van der Waals surface area contributed by atoms with Crippen LogP contribution in [0.15, 0.2) is 23.5 Å². The third-order valence-electron chi connectivity index (χ3n) is 5.32. The van der Waals surface area contributed by atoms with Crippen molar-refractivity contribution in [1.29, 1.82) is 0 Å². The molecule has 2 N–H and O–H groups in total. The van der Waals surface area contributed by atoms with Crippen LogP contribution in [0.5, 0.6) is 0 Å².